The molecule has 3 heterocycles. The first kappa shape index (κ1) is 26.3. The molecule has 11 heteroatoms. The molecule has 1 amide bonds. The second-order valence-corrected chi connectivity index (χ2v) is 11.2. The standard InChI is InChI=1S/C25H37FN8OS/c1-6-32-12-14-33(15-13-32)11-10-27-20(35)17-31(5)24-30-34-22(29-25(2,3)4)21(28-23(34)36-24)18-8-7-9-19(26)16-18/h7-9,16,29H,6,10-15,17H2,1-5H3,(H,27,35). The van der Waals surface area contributed by atoms with Crippen LogP contribution >= 0.6 is 11.3 Å². The van der Waals surface area contributed by atoms with Crippen LogP contribution in [0.2, 0.25) is 0 Å². The van der Waals surface area contributed by atoms with Crippen LogP contribution in [0.4, 0.5) is 15.3 Å². The minimum absolute atomic E-state index is 0.0361. The van der Waals surface area contributed by atoms with Gasteiger partial charge in [0, 0.05) is 57.4 Å². The molecule has 0 spiro atoms. The maximum Gasteiger partial charge on any atom is 0.239 e. The highest BCUT2D eigenvalue weighted by Gasteiger charge is 2.23. The molecule has 0 unspecified atom stereocenters. The van der Waals surface area contributed by atoms with Crippen molar-refractivity contribution in [1.29, 1.82) is 0 Å². The van der Waals surface area contributed by atoms with Gasteiger partial charge in [-0.3, -0.25) is 9.69 Å². The van der Waals surface area contributed by atoms with Crippen LogP contribution < -0.4 is 15.5 Å². The second kappa shape index (κ2) is 11.1. The molecular formula is C25H37FN8OS. The van der Waals surface area contributed by atoms with Crippen molar-refractivity contribution in [3.63, 3.8) is 0 Å². The highest BCUT2D eigenvalue weighted by Crippen LogP contribution is 2.34. The van der Waals surface area contributed by atoms with Crippen LogP contribution in [-0.2, 0) is 4.79 Å². The molecule has 1 aliphatic rings. The third-order valence-corrected chi connectivity index (χ3v) is 7.18. The fourth-order valence-corrected chi connectivity index (χ4v) is 5.08. The molecule has 0 aliphatic carbocycles. The second-order valence-electron chi connectivity index (χ2n) is 10.3. The summed E-state index contributed by atoms with van der Waals surface area (Å²) in [6.07, 6.45) is 0. The maximum absolute atomic E-state index is 13.9. The molecule has 2 aromatic heterocycles. The zero-order valence-electron chi connectivity index (χ0n) is 21.8. The first-order chi connectivity index (χ1) is 17.1. The van der Waals surface area contributed by atoms with Crippen LogP contribution in [0.1, 0.15) is 27.7 Å². The Bertz CT molecular complexity index is 1180. The summed E-state index contributed by atoms with van der Waals surface area (Å²) in [5.41, 5.74) is 1.08. The third kappa shape index (κ3) is 6.51. The van der Waals surface area contributed by atoms with Crippen molar-refractivity contribution < 1.29 is 9.18 Å². The Labute approximate surface area is 216 Å². The highest BCUT2D eigenvalue weighted by molar-refractivity contribution is 7.20. The lowest BCUT2D eigenvalue weighted by Gasteiger charge is -2.33. The van der Waals surface area contributed by atoms with E-state index < -0.39 is 0 Å². The third-order valence-electron chi connectivity index (χ3n) is 6.15. The summed E-state index contributed by atoms with van der Waals surface area (Å²) < 4.78 is 15.6. The maximum atomic E-state index is 13.9. The summed E-state index contributed by atoms with van der Waals surface area (Å²) in [6, 6.07) is 6.41. The van der Waals surface area contributed by atoms with Crippen molar-refractivity contribution in [2.45, 2.75) is 33.2 Å². The van der Waals surface area contributed by atoms with E-state index in [0.29, 0.717) is 33.7 Å². The number of rotatable bonds is 9. The molecule has 9 nitrogen and oxygen atoms in total. The Hall–Kier alpha value is -2.76. The fourth-order valence-electron chi connectivity index (χ4n) is 4.22. The van der Waals surface area contributed by atoms with Crippen molar-refractivity contribution in [3.05, 3.63) is 30.1 Å². The van der Waals surface area contributed by atoms with Gasteiger partial charge in [-0.1, -0.05) is 30.4 Å². The van der Waals surface area contributed by atoms with Crippen molar-refractivity contribution in [3.8, 4) is 11.3 Å². The van der Waals surface area contributed by atoms with Gasteiger partial charge in [-0.05, 0) is 39.4 Å². The number of hydrogen-bond donors (Lipinski definition) is 2. The lowest BCUT2D eigenvalue weighted by atomic mass is 10.1. The van der Waals surface area contributed by atoms with Crippen molar-refractivity contribution >= 4 is 33.2 Å². The van der Waals surface area contributed by atoms with E-state index in [4.69, 9.17) is 10.1 Å². The van der Waals surface area contributed by atoms with Gasteiger partial charge in [-0.15, -0.1) is 5.10 Å². The fraction of sp³-hybridized carbons (Fsp3) is 0.560. The van der Waals surface area contributed by atoms with Crippen LogP contribution in [0.5, 0.6) is 0 Å². The number of piperazine rings is 1. The summed E-state index contributed by atoms with van der Waals surface area (Å²) in [5.74, 6) is 0.353. The Morgan fingerprint density at radius 2 is 1.92 bits per heavy atom. The molecule has 0 atom stereocenters. The van der Waals surface area contributed by atoms with E-state index in [0.717, 1.165) is 39.3 Å². The molecule has 196 valence electrons. The smallest absolute Gasteiger partial charge is 0.239 e. The van der Waals surface area contributed by atoms with Crippen molar-refractivity contribution in [2.75, 3.05) is 69.6 Å². The van der Waals surface area contributed by atoms with Crippen LogP contribution in [0.15, 0.2) is 24.3 Å². The summed E-state index contributed by atoms with van der Waals surface area (Å²) in [6.45, 7) is 15.4. The molecule has 2 N–H and O–H groups in total. The lowest BCUT2D eigenvalue weighted by Crippen LogP contribution is -2.48. The average Bonchev–Trinajstić information content (AvgIpc) is 3.38. The molecule has 36 heavy (non-hydrogen) atoms. The minimum Gasteiger partial charge on any atom is -0.364 e. The summed E-state index contributed by atoms with van der Waals surface area (Å²) in [4.78, 5) is 24.7. The van der Waals surface area contributed by atoms with Gasteiger partial charge in [0.05, 0.1) is 6.54 Å². The Balaban J connectivity index is 1.41. The van der Waals surface area contributed by atoms with Gasteiger partial charge in [0.1, 0.15) is 11.5 Å². The number of imidazole rings is 1. The first-order valence-electron chi connectivity index (χ1n) is 12.5. The number of fused-ring (bicyclic) bond motifs is 1. The van der Waals surface area contributed by atoms with E-state index in [-0.39, 0.29) is 23.8 Å². The summed E-state index contributed by atoms with van der Waals surface area (Å²) in [5, 5.41) is 11.9. The normalized spacial score (nSPS) is 15.4. The molecule has 0 bridgehead atoms. The quantitative estimate of drug-likeness (QED) is 0.453. The molecule has 0 saturated carbocycles. The van der Waals surface area contributed by atoms with Gasteiger partial charge < -0.3 is 20.4 Å². The molecule has 4 rings (SSSR count). The Kier molecular flexibility index (Phi) is 8.11. The number of benzene rings is 1. The number of nitrogens with zero attached hydrogens (tertiary/aromatic N) is 6. The molecule has 1 saturated heterocycles. The number of anilines is 2. The van der Waals surface area contributed by atoms with Crippen LogP contribution in [0, 0.1) is 5.82 Å². The molecule has 1 aromatic carbocycles. The van der Waals surface area contributed by atoms with E-state index in [2.05, 4.69) is 48.1 Å². The SMILES string of the molecule is CCN1CCN(CCNC(=O)CN(C)c2nn3c(NC(C)(C)C)c(-c4cccc(F)c4)nc3s2)CC1. The largest absolute Gasteiger partial charge is 0.364 e. The number of carbonyl (C=O) groups excluding carboxylic acids is 1. The number of hydrogen-bond acceptors (Lipinski definition) is 8. The lowest BCUT2D eigenvalue weighted by molar-refractivity contribution is -0.119. The molecule has 1 aliphatic heterocycles. The number of carbonyl (C=O) groups is 1. The summed E-state index contributed by atoms with van der Waals surface area (Å²) >= 11 is 1.40. The monoisotopic (exact) mass is 516 g/mol. The predicted octanol–water partition coefficient (Wildman–Crippen LogP) is 3.00. The van der Waals surface area contributed by atoms with Crippen molar-refractivity contribution in [2.24, 2.45) is 0 Å². The molecule has 0 radical (unpaired) electrons. The first-order valence-corrected chi connectivity index (χ1v) is 13.3. The molecule has 3 aromatic rings. The van der Waals surface area contributed by atoms with Crippen LogP contribution in [0.25, 0.3) is 16.2 Å². The average molecular weight is 517 g/mol. The van der Waals surface area contributed by atoms with E-state index in [1.54, 1.807) is 10.6 Å². The van der Waals surface area contributed by atoms with Crippen molar-refractivity contribution in [1.82, 2.24) is 29.7 Å². The van der Waals surface area contributed by atoms with Gasteiger partial charge in [0.15, 0.2) is 5.82 Å². The minimum atomic E-state index is -0.312. The zero-order valence-corrected chi connectivity index (χ0v) is 22.7. The van der Waals surface area contributed by atoms with E-state index in [1.807, 2.05) is 18.0 Å². The Morgan fingerprint density at radius 1 is 1.19 bits per heavy atom. The number of amides is 1. The van der Waals surface area contributed by atoms with Gasteiger partial charge in [0.25, 0.3) is 0 Å². The number of aromatic nitrogens is 3. The van der Waals surface area contributed by atoms with Gasteiger partial charge in [0.2, 0.25) is 16.0 Å². The van der Waals surface area contributed by atoms with Crippen LogP contribution in [0.3, 0.4) is 0 Å². The molecular weight excluding hydrogens is 479 g/mol. The summed E-state index contributed by atoms with van der Waals surface area (Å²) in [7, 11) is 1.85. The van der Waals surface area contributed by atoms with E-state index in [9.17, 15) is 9.18 Å². The van der Waals surface area contributed by atoms with Gasteiger partial charge in [-0.25, -0.2) is 9.37 Å². The predicted molar refractivity (Wildman–Crippen MR) is 144 cm³/mol. The number of halogens is 1. The van der Waals surface area contributed by atoms with Gasteiger partial charge >= 0.3 is 0 Å². The van der Waals surface area contributed by atoms with E-state index in [1.165, 1.54) is 23.5 Å². The zero-order chi connectivity index (χ0) is 25.9. The topological polar surface area (TPSA) is 81.0 Å². The number of likely N-dealkylation sites (N-methyl/N-ethyl adjacent to an activating group) is 2. The van der Waals surface area contributed by atoms with Gasteiger partial charge in [-0.2, -0.15) is 4.52 Å². The molecule has 1 fully saturated rings. The van der Waals surface area contributed by atoms with E-state index >= 15 is 0 Å². The Morgan fingerprint density at radius 3 is 2.58 bits per heavy atom. The highest BCUT2D eigenvalue weighted by atomic mass is 32.1. The number of nitrogens with one attached hydrogen (secondary N) is 2. The van der Waals surface area contributed by atoms with Crippen LogP contribution in [-0.4, -0.2) is 95.2 Å².